The van der Waals surface area contributed by atoms with Gasteiger partial charge in [0.15, 0.2) is 0 Å². The first kappa shape index (κ1) is 13.8. The number of aliphatic hydroxyl groups is 1. The summed E-state index contributed by atoms with van der Waals surface area (Å²) in [5.41, 5.74) is 1.23. The van der Waals surface area contributed by atoms with Gasteiger partial charge < -0.3 is 14.7 Å². The number of anilines is 1. The van der Waals surface area contributed by atoms with E-state index < -0.39 is 5.97 Å². The molecule has 1 N–H and O–H groups in total. The summed E-state index contributed by atoms with van der Waals surface area (Å²) in [6.07, 6.45) is 6.01. The Morgan fingerprint density at radius 3 is 3.11 bits per heavy atom. The van der Waals surface area contributed by atoms with Gasteiger partial charge in [0.2, 0.25) is 0 Å². The van der Waals surface area contributed by atoms with Crippen LogP contribution < -0.4 is 4.90 Å². The highest BCUT2D eigenvalue weighted by Crippen LogP contribution is 2.24. The highest BCUT2D eigenvalue weighted by atomic mass is 16.5. The standard InChI is InChI=1S/C14H20N2O3/c1-19-14(18)13-9-11(6-7-15-13)16-8-4-2-3-5-12(16)10-17/h6-7,9,12,17H,2-5,8,10H2,1H3. The molecule has 104 valence electrons. The van der Waals surface area contributed by atoms with Crippen molar-refractivity contribution >= 4 is 11.7 Å². The van der Waals surface area contributed by atoms with Crippen molar-refractivity contribution in [2.75, 3.05) is 25.2 Å². The predicted molar refractivity (Wildman–Crippen MR) is 72.3 cm³/mol. The van der Waals surface area contributed by atoms with E-state index in [1.807, 2.05) is 6.07 Å². The summed E-state index contributed by atoms with van der Waals surface area (Å²) >= 11 is 0. The molecule has 1 saturated heterocycles. The van der Waals surface area contributed by atoms with Gasteiger partial charge in [0.05, 0.1) is 19.8 Å². The summed E-state index contributed by atoms with van der Waals surface area (Å²) in [6, 6.07) is 3.73. The van der Waals surface area contributed by atoms with Gasteiger partial charge in [0.1, 0.15) is 5.69 Å². The van der Waals surface area contributed by atoms with Gasteiger partial charge in [-0.2, -0.15) is 0 Å². The Morgan fingerprint density at radius 1 is 1.53 bits per heavy atom. The average molecular weight is 264 g/mol. The monoisotopic (exact) mass is 264 g/mol. The van der Waals surface area contributed by atoms with E-state index in [4.69, 9.17) is 0 Å². The molecular formula is C14H20N2O3. The lowest BCUT2D eigenvalue weighted by Gasteiger charge is -2.30. The molecule has 1 unspecified atom stereocenters. The second kappa shape index (κ2) is 6.52. The smallest absolute Gasteiger partial charge is 0.356 e. The summed E-state index contributed by atoms with van der Waals surface area (Å²) in [4.78, 5) is 17.7. The van der Waals surface area contributed by atoms with Crippen molar-refractivity contribution in [2.24, 2.45) is 0 Å². The summed E-state index contributed by atoms with van der Waals surface area (Å²) in [5.74, 6) is -0.433. The van der Waals surface area contributed by atoms with E-state index in [1.54, 1.807) is 12.3 Å². The van der Waals surface area contributed by atoms with Gasteiger partial charge in [-0.25, -0.2) is 9.78 Å². The molecule has 1 atom stereocenters. The molecule has 1 aliphatic rings. The van der Waals surface area contributed by atoms with Crippen LogP contribution in [-0.2, 0) is 4.74 Å². The van der Waals surface area contributed by atoms with Crippen LogP contribution in [0.15, 0.2) is 18.3 Å². The third kappa shape index (κ3) is 3.23. The molecule has 2 rings (SSSR count). The Hall–Kier alpha value is -1.62. The third-order valence-corrected chi connectivity index (χ3v) is 3.56. The quantitative estimate of drug-likeness (QED) is 0.840. The molecule has 2 heterocycles. The van der Waals surface area contributed by atoms with Gasteiger partial charge in [0, 0.05) is 18.4 Å². The van der Waals surface area contributed by atoms with Gasteiger partial charge in [-0.1, -0.05) is 12.8 Å². The number of carbonyl (C=O) groups excluding carboxylic acids is 1. The number of aromatic nitrogens is 1. The largest absolute Gasteiger partial charge is 0.464 e. The lowest BCUT2D eigenvalue weighted by molar-refractivity contribution is 0.0594. The maximum Gasteiger partial charge on any atom is 0.356 e. The molecule has 0 aromatic carbocycles. The number of esters is 1. The second-order valence-corrected chi connectivity index (χ2v) is 4.77. The number of methoxy groups -OCH3 is 1. The molecule has 0 bridgehead atoms. The van der Waals surface area contributed by atoms with E-state index in [2.05, 4.69) is 14.6 Å². The van der Waals surface area contributed by atoms with Crippen LogP contribution in [0.1, 0.15) is 36.2 Å². The first-order chi connectivity index (χ1) is 9.26. The molecule has 1 fully saturated rings. The van der Waals surface area contributed by atoms with Gasteiger partial charge in [-0.3, -0.25) is 0 Å². The number of aliphatic hydroxyl groups excluding tert-OH is 1. The van der Waals surface area contributed by atoms with Gasteiger partial charge in [0.25, 0.3) is 0 Å². The summed E-state index contributed by atoms with van der Waals surface area (Å²) in [5, 5.41) is 9.52. The van der Waals surface area contributed by atoms with Gasteiger partial charge in [-0.15, -0.1) is 0 Å². The van der Waals surface area contributed by atoms with Crippen LogP contribution in [-0.4, -0.2) is 42.4 Å². The molecule has 19 heavy (non-hydrogen) atoms. The molecule has 1 aromatic rings. The van der Waals surface area contributed by atoms with Gasteiger partial charge in [-0.05, 0) is 25.0 Å². The van der Waals surface area contributed by atoms with Crippen LogP contribution in [0, 0.1) is 0 Å². The Morgan fingerprint density at radius 2 is 2.37 bits per heavy atom. The summed E-state index contributed by atoms with van der Waals surface area (Å²) in [7, 11) is 1.35. The van der Waals surface area contributed by atoms with E-state index in [-0.39, 0.29) is 12.6 Å². The zero-order valence-electron chi connectivity index (χ0n) is 11.2. The lowest BCUT2D eigenvalue weighted by Crippen LogP contribution is -2.37. The highest BCUT2D eigenvalue weighted by molar-refractivity contribution is 5.88. The normalized spacial score (nSPS) is 19.9. The fraction of sp³-hybridized carbons (Fsp3) is 0.571. The Labute approximate surface area is 113 Å². The second-order valence-electron chi connectivity index (χ2n) is 4.77. The minimum atomic E-state index is -0.433. The molecular weight excluding hydrogens is 244 g/mol. The van der Waals surface area contributed by atoms with Crippen LogP contribution in [0.2, 0.25) is 0 Å². The fourth-order valence-corrected chi connectivity index (χ4v) is 2.52. The maximum absolute atomic E-state index is 11.5. The number of nitrogens with zero attached hydrogens (tertiary/aromatic N) is 2. The third-order valence-electron chi connectivity index (χ3n) is 3.56. The minimum absolute atomic E-state index is 0.121. The molecule has 5 nitrogen and oxygen atoms in total. The van der Waals surface area contributed by atoms with Crippen LogP contribution in [0.3, 0.4) is 0 Å². The number of hydrogen-bond donors (Lipinski definition) is 1. The van der Waals surface area contributed by atoms with E-state index in [0.717, 1.165) is 31.5 Å². The van der Waals surface area contributed by atoms with E-state index in [0.29, 0.717) is 5.69 Å². The molecule has 0 saturated carbocycles. The van der Waals surface area contributed by atoms with E-state index in [1.165, 1.54) is 13.5 Å². The minimum Gasteiger partial charge on any atom is -0.464 e. The Bertz CT molecular complexity index is 436. The SMILES string of the molecule is COC(=O)c1cc(N2CCCCCC2CO)ccn1. The van der Waals surface area contributed by atoms with Crippen molar-refractivity contribution in [2.45, 2.75) is 31.7 Å². The van der Waals surface area contributed by atoms with Crippen molar-refractivity contribution < 1.29 is 14.6 Å². The van der Waals surface area contributed by atoms with E-state index in [9.17, 15) is 9.90 Å². The zero-order valence-corrected chi connectivity index (χ0v) is 11.2. The van der Waals surface area contributed by atoms with Gasteiger partial charge >= 0.3 is 5.97 Å². The molecule has 1 aliphatic heterocycles. The first-order valence-electron chi connectivity index (χ1n) is 6.68. The number of hydrogen-bond acceptors (Lipinski definition) is 5. The molecule has 0 radical (unpaired) electrons. The summed E-state index contributed by atoms with van der Waals surface area (Å²) < 4.78 is 4.69. The number of ether oxygens (including phenoxy) is 1. The molecule has 5 heteroatoms. The van der Waals surface area contributed by atoms with Crippen molar-refractivity contribution in [3.8, 4) is 0 Å². The number of carbonyl (C=O) groups is 1. The first-order valence-corrected chi connectivity index (χ1v) is 6.68. The maximum atomic E-state index is 11.5. The van der Waals surface area contributed by atoms with Crippen LogP contribution in [0.4, 0.5) is 5.69 Å². The predicted octanol–water partition coefficient (Wildman–Crippen LogP) is 1.61. The topological polar surface area (TPSA) is 62.7 Å². The molecule has 0 aliphatic carbocycles. The van der Waals surface area contributed by atoms with Crippen LogP contribution in [0.5, 0.6) is 0 Å². The average Bonchev–Trinajstić information content (AvgIpc) is 2.71. The van der Waals surface area contributed by atoms with Crippen LogP contribution in [0.25, 0.3) is 0 Å². The zero-order chi connectivity index (χ0) is 13.7. The van der Waals surface area contributed by atoms with Crippen molar-refractivity contribution in [1.29, 1.82) is 0 Å². The Balaban J connectivity index is 2.25. The van der Waals surface area contributed by atoms with E-state index >= 15 is 0 Å². The van der Waals surface area contributed by atoms with Crippen molar-refractivity contribution in [1.82, 2.24) is 4.98 Å². The van der Waals surface area contributed by atoms with Crippen molar-refractivity contribution in [3.05, 3.63) is 24.0 Å². The fourth-order valence-electron chi connectivity index (χ4n) is 2.52. The lowest BCUT2D eigenvalue weighted by atomic mass is 10.1. The number of rotatable bonds is 3. The molecule has 0 amide bonds. The summed E-state index contributed by atoms with van der Waals surface area (Å²) in [6.45, 7) is 1.03. The van der Waals surface area contributed by atoms with Crippen molar-refractivity contribution in [3.63, 3.8) is 0 Å². The highest BCUT2D eigenvalue weighted by Gasteiger charge is 2.21. The number of pyridine rings is 1. The Kier molecular flexibility index (Phi) is 4.74. The molecule has 1 aromatic heterocycles. The molecule has 0 spiro atoms. The van der Waals surface area contributed by atoms with Crippen LogP contribution >= 0.6 is 0 Å².